The van der Waals surface area contributed by atoms with Crippen LogP contribution >= 0.6 is 11.6 Å². The van der Waals surface area contributed by atoms with Crippen LogP contribution in [0.15, 0.2) is 54.6 Å². The van der Waals surface area contributed by atoms with Crippen molar-refractivity contribution in [2.75, 3.05) is 13.1 Å². The molecule has 0 bridgehead atoms. The minimum Gasteiger partial charge on any atom is -0.358 e. The lowest BCUT2D eigenvalue weighted by molar-refractivity contribution is -0.131. The van der Waals surface area contributed by atoms with Crippen molar-refractivity contribution in [3.05, 3.63) is 70.9 Å². The smallest absolute Gasteiger partial charge is 0.226 e. The van der Waals surface area contributed by atoms with Crippen LogP contribution in [-0.4, -0.2) is 28.9 Å². The Labute approximate surface area is 152 Å². The van der Waals surface area contributed by atoms with Gasteiger partial charge in [-0.05, 0) is 48.1 Å². The Morgan fingerprint density at radius 3 is 2.52 bits per heavy atom. The topological polar surface area (TPSA) is 36.1 Å². The third kappa shape index (κ3) is 3.57. The van der Waals surface area contributed by atoms with Gasteiger partial charge in [-0.15, -0.1) is 0 Å². The van der Waals surface area contributed by atoms with Crippen molar-refractivity contribution in [3.8, 4) is 0 Å². The Morgan fingerprint density at radius 1 is 1.08 bits per heavy atom. The number of para-hydroxylation sites is 1. The van der Waals surface area contributed by atoms with Gasteiger partial charge in [0.2, 0.25) is 5.91 Å². The van der Waals surface area contributed by atoms with Crippen LogP contribution in [0.5, 0.6) is 0 Å². The highest BCUT2D eigenvalue weighted by atomic mass is 35.5. The molecule has 0 atom stereocenters. The van der Waals surface area contributed by atoms with E-state index in [0.29, 0.717) is 17.4 Å². The largest absolute Gasteiger partial charge is 0.358 e. The number of hydrogen-bond acceptors (Lipinski definition) is 1. The quantitative estimate of drug-likeness (QED) is 0.724. The molecule has 0 unspecified atom stereocenters. The Morgan fingerprint density at radius 2 is 1.80 bits per heavy atom. The van der Waals surface area contributed by atoms with E-state index in [1.54, 1.807) is 0 Å². The third-order valence-electron chi connectivity index (χ3n) is 5.11. The van der Waals surface area contributed by atoms with E-state index in [9.17, 15) is 4.79 Å². The standard InChI is InChI=1S/C21H21ClN2O/c22-18-7-5-15(6-8-18)13-21(25)24-11-9-16(10-12-24)20-14-17-3-1-2-4-19(17)23-20/h1-8,14,16,23H,9-13H2. The summed E-state index contributed by atoms with van der Waals surface area (Å²) in [7, 11) is 0. The number of rotatable bonds is 3. The monoisotopic (exact) mass is 352 g/mol. The van der Waals surface area contributed by atoms with E-state index in [1.165, 1.54) is 16.6 Å². The van der Waals surface area contributed by atoms with E-state index < -0.39 is 0 Å². The van der Waals surface area contributed by atoms with Gasteiger partial charge in [0.25, 0.3) is 0 Å². The summed E-state index contributed by atoms with van der Waals surface area (Å²) in [4.78, 5) is 18.1. The average molecular weight is 353 g/mol. The van der Waals surface area contributed by atoms with Gasteiger partial charge in [-0.1, -0.05) is 41.9 Å². The lowest BCUT2D eigenvalue weighted by Crippen LogP contribution is -2.38. The first-order chi connectivity index (χ1) is 12.2. The van der Waals surface area contributed by atoms with E-state index >= 15 is 0 Å². The van der Waals surface area contributed by atoms with Gasteiger partial charge in [0, 0.05) is 35.2 Å². The number of carbonyl (C=O) groups excluding carboxylic acids is 1. The predicted octanol–water partition coefficient (Wildman–Crippen LogP) is 4.77. The zero-order chi connectivity index (χ0) is 17.2. The van der Waals surface area contributed by atoms with Crippen LogP contribution in [0.3, 0.4) is 0 Å². The van der Waals surface area contributed by atoms with E-state index in [4.69, 9.17) is 11.6 Å². The number of fused-ring (bicyclic) bond motifs is 1. The molecule has 1 aliphatic rings. The van der Waals surface area contributed by atoms with Gasteiger partial charge in [0.15, 0.2) is 0 Å². The molecule has 1 aromatic heterocycles. The molecule has 4 heteroatoms. The van der Waals surface area contributed by atoms with Gasteiger partial charge < -0.3 is 9.88 Å². The van der Waals surface area contributed by atoms with Gasteiger partial charge in [0.1, 0.15) is 0 Å². The highest BCUT2D eigenvalue weighted by Crippen LogP contribution is 2.30. The number of aromatic nitrogens is 1. The second-order valence-corrected chi connectivity index (χ2v) is 7.21. The Bertz CT molecular complexity index is 843. The molecule has 3 aromatic rings. The number of halogens is 1. The van der Waals surface area contributed by atoms with Crippen LogP contribution in [0, 0.1) is 0 Å². The molecule has 0 radical (unpaired) electrons. The van der Waals surface area contributed by atoms with Gasteiger partial charge >= 0.3 is 0 Å². The minimum absolute atomic E-state index is 0.206. The van der Waals surface area contributed by atoms with Crippen molar-refractivity contribution in [3.63, 3.8) is 0 Å². The summed E-state index contributed by atoms with van der Waals surface area (Å²) in [5, 5.41) is 1.97. The van der Waals surface area contributed by atoms with Crippen molar-refractivity contribution >= 4 is 28.4 Å². The number of carbonyl (C=O) groups is 1. The summed E-state index contributed by atoms with van der Waals surface area (Å²) in [6.07, 6.45) is 2.48. The molecule has 25 heavy (non-hydrogen) atoms. The number of piperidine rings is 1. The maximum Gasteiger partial charge on any atom is 0.226 e. The van der Waals surface area contributed by atoms with Crippen LogP contribution in [0.1, 0.15) is 30.0 Å². The van der Waals surface area contributed by atoms with Gasteiger partial charge in [-0.3, -0.25) is 4.79 Å². The lowest BCUT2D eigenvalue weighted by Gasteiger charge is -2.31. The fourth-order valence-corrected chi connectivity index (χ4v) is 3.77. The predicted molar refractivity (Wildman–Crippen MR) is 102 cm³/mol. The molecule has 1 amide bonds. The molecule has 1 saturated heterocycles. The summed E-state index contributed by atoms with van der Waals surface area (Å²) >= 11 is 5.90. The van der Waals surface area contributed by atoms with E-state index in [0.717, 1.165) is 31.5 Å². The Hall–Kier alpha value is -2.26. The van der Waals surface area contributed by atoms with E-state index in [1.807, 2.05) is 29.2 Å². The van der Waals surface area contributed by atoms with Crippen molar-refractivity contribution in [2.24, 2.45) is 0 Å². The van der Waals surface area contributed by atoms with Gasteiger partial charge in [-0.2, -0.15) is 0 Å². The fourth-order valence-electron chi connectivity index (χ4n) is 3.64. The highest BCUT2D eigenvalue weighted by Gasteiger charge is 2.24. The molecular weight excluding hydrogens is 332 g/mol. The van der Waals surface area contributed by atoms with E-state index in [2.05, 4.69) is 35.3 Å². The van der Waals surface area contributed by atoms with Crippen LogP contribution < -0.4 is 0 Å². The first-order valence-corrected chi connectivity index (χ1v) is 9.17. The third-order valence-corrected chi connectivity index (χ3v) is 5.36. The molecule has 128 valence electrons. The minimum atomic E-state index is 0.206. The van der Waals surface area contributed by atoms with Crippen LogP contribution in [0.4, 0.5) is 0 Å². The second-order valence-electron chi connectivity index (χ2n) is 6.77. The van der Waals surface area contributed by atoms with Crippen molar-refractivity contribution in [1.29, 1.82) is 0 Å². The van der Waals surface area contributed by atoms with Crippen LogP contribution in [0.2, 0.25) is 5.02 Å². The summed E-state index contributed by atoms with van der Waals surface area (Å²) in [5.41, 5.74) is 3.51. The lowest BCUT2D eigenvalue weighted by atomic mass is 9.93. The maximum absolute atomic E-state index is 12.5. The summed E-state index contributed by atoms with van der Waals surface area (Å²) in [6.45, 7) is 1.65. The number of nitrogens with one attached hydrogen (secondary N) is 1. The number of benzene rings is 2. The SMILES string of the molecule is O=C(Cc1ccc(Cl)cc1)N1CCC(c2cc3ccccc3[nH]2)CC1. The van der Waals surface area contributed by atoms with Crippen LogP contribution in [0.25, 0.3) is 10.9 Å². The second kappa shape index (κ2) is 6.93. The number of nitrogens with zero attached hydrogens (tertiary/aromatic N) is 1. The molecule has 0 saturated carbocycles. The van der Waals surface area contributed by atoms with Gasteiger partial charge in [-0.25, -0.2) is 0 Å². The summed E-state index contributed by atoms with van der Waals surface area (Å²) in [5.74, 6) is 0.712. The summed E-state index contributed by atoms with van der Waals surface area (Å²) in [6, 6.07) is 18.2. The first-order valence-electron chi connectivity index (χ1n) is 8.79. The molecule has 0 aliphatic carbocycles. The van der Waals surface area contributed by atoms with Crippen molar-refractivity contribution < 1.29 is 4.79 Å². The molecule has 1 aliphatic heterocycles. The normalized spacial score (nSPS) is 15.6. The molecular formula is C21H21ClN2O. The molecule has 1 N–H and O–H groups in total. The first kappa shape index (κ1) is 16.2. The number of likely N-dealkylation sites (tertiary alicyclic amines) is 1. The summed E-state index contributed by atoms with van der Waals surface area (Å²) < 4.78 is 0. The van der Waals surface area contributed by atoms with Gasteiger partial charge in [0.05, 0.1) is 6.42 Å². The van der Waals surface area contributed by atoms with Crippen molar-refractivity contribution in [1.82, 2.24) is 9.88 Å². The average Bonchev–Trinajstić information content (AvgIpc) is 3.08. The molecule has 4 rings (SSSR count). The zero-order valence-corrected chi connectivity index (χ0v) is 14.8. The van der Waals surface area contributed by atoms with Crippen LogP contribution in [-0.2, 0) is 11.2 Å². The van der Waals surface area contributed by atoms with Crippen molar-refractivity contribution in [2.45, 2.75) is 25.2 Å². The zero-order valence-electron chi connectivity index (χ0n) is 14.0. The molecule has 3 nitrogen and oxygen atoms in total. The Kier molecular flexibility index (Phi) is 4.50. The number of H-pyrrole nitrogens is 1. The number of aromatic amines is 1. The number of hydrogen-bond donors (Lipinski definition) is 1. The molecule has 2 aromatic carbocycles. The molecule has 0 spiro atoms. The molecule has 1 fully saturated rings. The highest BCUT2D eigenvalue weighted by molar-refractivity contribution is 6.30. The van der Waals surface area contributed by atoms with E-state index in [-0.39, 0.29) is 5.91 Å². The maximum atomic E-state index is 12.5. The Balaban J connectivity index is 1.37. The number of amides is 1. The fraction of sp³-hybridized carbons (Fsp3) is 0.286. The molecule has 2 heterocycles.